The van der Waals surface area contributed by atoms with Gasteiger partial charge in [0.2, 0.25) is 0 Å². The fourth-order valence-electron chi connectivity index (χ4n) is 1.40. The van der Waals surface area contributed by atoms with E-state index in [1.54, 1.807) is 18.2 Å². The highest BCUT2D eigenvalue weighted by Gasteiger charge is 2.23. The molecule has 2 amide bonds. The molecule has 0 radical (unpaired) electrons. The molecule has 0 bridgehead atoms. The van der Waals surface area contributed by atoms with Gasteiger partial charge >= 0.3 is 6.03 Å². The zero-order chi connectivity index (χ0) is 10.3. The summed E-state index contributed by atoms with van der Waals surface area (Å²) >= 11 is 0. The second kappa shape index (κ2) is 3.13. The average Bonchev–Trinajstić information content (AvgIpc) is 2.96. The Morgan fingerprint density at radius 3 is 3.13 bits per heavy atom. The number of ether oxygens (including phenoxy) is 2. The van der Waals surface area contributed by atoms with Gasteiger partial charge in [0.05, 0.1) is 12.0 Å². The highest BCUT2D eigenvalue weighted by molar-refractivity contribution is 5.77. The summed E-state index contributed by atoms with van der Waals surface area (Å²) in [4.78, 5) is 18.5. The summed E-state index contributed by atoms with van der Waals surface area (Å²) < 4.78 is 10.5. The van der Waals surface area contributed by atoms with Crippen molar-refractivity contribution in [3.05, 3.63) is 28.9 Å². The number of fused-ring (bicyclic) bond motifs is 1. The van der Waals surface area contributed by atoms with E-state index in [1.807, 2.05) is 0 Å². The van der Waals surface area contributed by atoms with Crippen LogP contribution in [0.1, 0.15) is 0 Å². The molecule has 1 aromatic rings. The predicted molar refractivity (Wildman–Crippen MR) is 49.4 cm³/mol. The highest BCUT2D eigenvalue weighted by Crippen LogP contribution is 2.11. The molecule has 1 fully saturated rings. The van der Waals surface area contributed by atoms with Crippen molar-refractivity contribution in [1.82, 2.24) is 0 Å². The minimum atomic E-state index is -0.469. The Labute approximate surface area is 85.1 Å². The van der Waals surface area contributed by atoms with E-state index in [4.69, 9.17) is 9.47 Å². The second-order valence-electron chi connectivity index (χ2n) is 3.40. The Morgan fingerprint density at radius 1 is 1.47 bits per heavy atom. The van der Waals surface area contributed by atoms with Gasteiger partial charge < -0.3 is 9.47 Å². The number of amides is 2. The quantitative estimate of drug-likeness (QED) is 0.642. The monoisotopic (exact) mass is 204 g/mol. The minimum absolute atomic E-state index is 0.190. The molecule has 2 aliphatic heterocycles. The van der Waals surface area contributed by atoms with E-state index < -0.39 is 6.03 Å². The van der Waals surface area contributed by atoms with Gasteiger partial charge in [-0.15, -0.1) is 0 Å². The molecule has 2 aliphatic rings. The second-order valence-corrected chi connectivity index (χ2v) is 3.40. The largest absolute Gasteiger partial charge is 0.488 e. The molecule has 1 atom stereocenters. The van der Waals surface area contributed by atoms with Gasteiger partial charge in [0.25, 0.3) is 0 Å². The molecule has 5 heteroatoms. The van der Waals surface area contributed by atoms with Crippen LogP contribution in [0.2, 0.25) is 0 Å². The fourth-order valence-corrected chi connectivity index (χ4v) is 1.40. The first-order valence-corrected chi connectivity index (χ1v) is 4.68. The number of carbonyl (C=O) groups is 1. The third-order valence-electron chi connectivity index (χ3n) is 2.23. The molecular weight excluding hydrogens is 196 g/mol. The zero-order valence-corrected chi connectivity index (χ0v) is 7.84. The van der Waals surface area contributed by atoms with Crippen LogP contribution in [0.15, 0.2) is 28.2 Å². The van der Waals surface area contributed by atoms with E-state index in [0.717, 1.165) is 6.61 Å². The van der Waals surface area contributed by atoms with E-state index >= 15 is 0 Å². The lowest BCUT2D eigenvalue weighted by Gasteiger charge is -2.02. The zero-order valence-electron chi connectivity index (χ0n) is 7.84. The number of rotatable bonds is 3. The van der Waals surface area contributed by atoms with Crippen LogP contribution in [0.3, 0.4) is 0 Å². The molecule has 1 aromatic carbocycles. The average molecular weight is 204 g/mol. The lowest BCUT2D eigenvalue weighted by Crippen LogP contribution is -2.24. The van der Waals surface area contributed by atoms with Gasteiger partial charge in [-0.05, 0) is 12.1 Å². The third-order valence-corrected chi connectivity index (χ3v) is 2.23. The van der Waals surface area contributed by atoms with E-state index in [0.29, 0.717) is 23.1 Å². The van der Waals surface area contributed by atoms with E-state index in [2.05, 4.69) is 9.98 Å². The first kappa shape index (κ1) is 8.55. The molecule has 3 rings (SSSR count). The Hall–Kier alpha value is -1.75. The summed E-state index contributed by atoms with van der Waals surface area (Å²) in [5.74, 6) is 0.595. The predicted octanol–water partition coefficient (Wildman–Crippen LogP) is -0.163. The van der Waals surface area contributed by atoms with Crippen molar-refractivity contribution >= 4 is 6.03 Å². The van der Waals surface area contributed by atoms with Crippen LogP contribution in [0.5, 0.6) is 5.75 Å². The molecule has 1 unspecified atom stereocenters. The number of benzene rings is 1. The van der Waals surface area contributed by atoms with Gasteiger partial charge in [-0.2, -0.15) is 9.98 Å². The standard InChI is InChI=1S/C10H8N2O3/c13-10-11-7-2-1-3-8(9(7)12-10)15-5-6-4-14-6/h1-3,6H,4-5H2. The van der Waals surface area contributed by atoms with Crippen molar-refractivity contribution in [3.63, 3.8) is 0 Å². The Bertz CT molecular complexity index is 534. The van der Waals surface area contributed by atoms with Gasteiger partial charge in [0, 0.05) is 0 Å². The molecule has 5 nitrogen and oxygen atoms in total. The van der Waals surface area contributed by atoms with Crippen LogP contribution in [0.4, 0.5) is 4.79 Å². The Morgan fingerprint density at radius 2 is 2.33 bits per heavy atom. The summed E-state index contributed by atoms with van der Waals surface area (Å²) in [6.07, 6.45) is 0.190. The Balaban J connectivity index is 1.96. The summed E-state index contributed by atoms with van der Waals surface area (Å²) in [5, 5.41) is 1.11. The summed E-state index contributed by atoms with van der Waals surface area (Å²) in [6.45, 7) is 1.25. The van der Waals surface area contributed by atoms with Crippen LogP contribution < -0.4 is 15.5 Å². The molecule has 1 saturated heterocycles. The Kier molecular flexibility index (Phi) is 1.78. The van der Waals surface area contributed by atoms with Gasteiger partial charge in [0.1, 0.15) is 23.8 Å². The molecule has 0 spiro atoms. The maximum atomic E-state index is 11.0. The van der Waals surface area contributed by atoms with Gasteiger partial charge in [0.15, 0.2) is 0 Å². The lowest BCUT2D eigenvalue weighted by atomic mass is 10.3. The van der Waals surface area contributed by atoms with Gasteiger partial charge in [-0.25, -0.2) is 4.79 Å². The maximum Gasteiger partial charge on any atom is 0.368 e. The van der Waals surface area contributed by atoms with Crippen LogP contribution >= 0.6 is 0 Å². The van der Waals surface area contributed by atoms with E-state index in [1.165, 1.54) is 0 Å². The first-order valence-electron chi connectivity index (χ1n) is 4.68. The fraction of sp³-hybridized carbons (Fsp3) is 0.300. The molecule has 0 aromatic heterocycles. The minimum Gasteiger partial charge on any atom is -0.488 e. The van der Waals surface area contributed by atoms with Crippen molar-refractivity contribution in [3.8, 4) is 5.75 Å². The van der Waals surface area contributed by atoms with E-state index in [9.17, 15) is 4.79 Å². The molecular formula is C10H8N2O3. The number of hydrogen-bond donors (Lipinski definition) is 0. The normalized spacial score (nSPS) is 21.6. The van der Waals surface area contributed by atoms with Crippen LogP contribution in [0, 0.1) is 0 Å². The molecule has 0 N–H and O–H groups in total. The third kappa shape index (κ3) is 1.61. The molecule has 0 saturated carbocycles. The maximum absolute atomic E-state index is 11.0. The van der Waals surface area contributed by atoms with Crippen LogP contribution in [-0.2, 0) is 4.74 Å². The summed E-state index contributed by atoms with van der Waals surface area (Å²) in [6, 6.07) is 4.84. The molecule has 76 valence electrons. The van der Waals surface area contributed by atoms with Crippen molar-refractivity contribution in [2.75, 3.05) is 13.2 Å². The first-order chi connectivity index (χ1) is 7.33. The van der Waals surface area contributed by atoms with E-state index in [-0.39, 0.29) is 6.10 Å². The number of epoxide rings is 1. The van der Waals surface area contributed by atoms with Crippen molar-refractivity contribution in [1.29, 1.82) is 0 Å². The van der Waals surface area contributed by atoms with Crippen molar-refractivity contribution in [2.45, 2.75) is 6.10 Å². The smallest absolute Gasteiger partial charge is 0.368 e. The molecule has 0 aliphatic carbocycles. The summed E-state index contributed by atoms with van der Waals surface area (Å²) in [5.41, 5.74) is 0. The van der Waals surface area contributed by atoms with Crippen molar-refractivity contribution in [2.24, 2.45) is 9.98 Å². The molecule has 15 heavy (non-hydrogen) atoms. The number of hydrogen-bond acceptors (Lipinski definition) is 3. The van der Waals surface area contributed by atoms with Gasteiger partial charge in [-0.1, -0.05) is 6.07 Å². The number of nitrogens with zero attached hydrogens (tertiary/aromatic N) is 2. The van der Waals surface area contributed by atoms with Crippen LogP contribution in [-0.4, -0.2) is 25.3 Å². The van der Waals surface area contributed by atoms with Crippen LogP contribution in [0.25, 0.3) is 0 Å². The van der Waals surface area contributed by atoms with Gasteiger partial charge in [-0.3, -0.25) is 0 Å². The number of carbonyl (C=O) groups excluding carboxylic acids is 1. The molecule has 2 heterocycles. The topological polar surface area (TPSA) is 63.5 Å². The number of para-hydroxylation sites is 1. The SMILES string of the molecule is O=C1N=c2cccc(OCC3CO3)c2=N1. The lowest BCUT2D eigenvalue weighted by molar-refractivity contribution is 0.255. The summed E-state index contributed by atoms with van der Waals surface area (Å²) in [7, 11) is 0. The van der Waals surface area contributed by atoms with Crippen molar-refractivity contribution < 1.29 is 14.3 Å². The highest BCUT2D eigenvalue weighted by atomic mass is 16.6. The number of urea groups is 1.